The molecule has 0 unspecified atom stereocenters. The summed E-state index contributed by atoms with van der Waals surface area (Å²) in [5.74, 6) is 0.359. The molecular formula is C4H7ClN3. The van der Waals surface area contributed by atoms with E-state index in [1.165, 1.54) is 0 Å². The van der Waals surface area contributed by atoms with E-state index in [9.17, 15) is 0 Å². The van der Waals surface area contributed by atoms with Gasteiger partial charge in [-0.3, -0.25) is 0 Å². The van der Waals surface area contributed by atoms with Crippen molar-refractivity contribution >= 4 is 18.4 Å². The zero-order chi connectivity index (χ0) is 5.28. The third kappa shape index (κ3) is 1.42. The van der Waals surface area contributed by atoms with Crippen LogP contribution in [0.3, 0.4) is 0 Å². The number of halogens is 1. The van der Waals surface area contributed by atoms with Crippen LogP contribution in [0, 0.1) is 0 Å². The standard InChI is InChI=1S/C4H6N3.ClH/c1-3-2-6-4(5)7-3;/h2H,1H3,(H2,5,6);1H. The average molecular weight is 133 g/mol. The molecule has 0 aromatic carbocycles. The monoisotopic (exact) mass is 132 g/mol. The van der Waals surface area contributed by atoms with E-state index in [0.717, 1.165) is 5.70 Å². The second-order valence-corrected chi connectivity index (χ2v) is 1.37. The van der Waals surface area contributed by atoms with E-state index in [-0.39, 0.29) is 12.4 Å². The second-order valence-electron chi connectivity index (χ2n) is 1.37. The topological polar surface area (TPSA) is 52.5 Å². The first-order chi connectivity index (χ1) is 3.29. The summed E-state index contributed by atoms with van der Waals surface area (Å²) >= 11 is 0. The van der Waals surface area contributed by atoms with Gasteiger partial charge in [0, 0.05) is 0 Å². The number of rotatable bonds is 0. The van der Waals surface area contributed by atoms with Gasteiger partial charge in [0.05, 0.1) is 11.9 Å². The Kier molecular flexibility index (Phi) is 2.34. The van der Waals surface area contributed by atoms with Gasteiger partial charge in [0.2, 0.25) is 5.96 Å². The van der Waals surface area contributed by atoms with Gasteiger partial charge in [0.1, 0.15) is 0 Å². The van der Waals surface area contributed by atoms with Crippen LogP contribution in [-0.2, 0) is 0 Å². The third-order valence-electron chi connectivity index (χ3n) is 0.675. The Morgan fingerprint density at radius 3 is 2.38 bits per heavy atom. The van der Waals surface area contributed by atoms with E-state index in [0.29, 0.717) is 5.96 Å². The summed E-state index contributed by atoms with van der Waals surface area (Å²) in [6.45, 7) is 1.85. The normalized spacial score (nSPS) is 15.6. The molecule has 1 aliphatic rings. The summed E-state index contributed by atoms with van der Waals surface area (Å²) in [5.41, 5.74) is 6.03. The van der Waals surface area contributed by atoms with Gasteiger partial charge in [-0.1, -0.05) is 0 Å². The highest BCUT2D eigenvalue weighted by Gasteiger charge is 1.99. The van der Waals surface area contributed by atoms with Crippen LogP contribution in [0.2, 0.25) is 0 Å². The molecule has 0 spiro atoms. The fourth-order valence-corrected chi connectivity index (χ4v) is 0.398. The Hall–Kier alpha value is -0.700. The Labute approximate surface area is 54.1 Å². The summed E-state index contributed by atoms with van der Waals surface area (Å²) in [7, 11) is 0. The maximum Gasteiger partial charge on any atom is 0.220 e. The molecule has 1 radical (unpaired) electrons. The average Bonchev–Trinajstić information content (AvgIpc) is 1.87. The van der Waals surface area contributed by atoms with Crippen LogP contribution in [0.1, 0.15) is 6.92 Å². The Bertz CT molecular complexity index is 122. The first kappa shape index (κ1) is 7.30. The minimum Gasteiger partial charge on any atom is -0.368 e. The smallest absolute Gasteiger partial charge is 0.220 e. The molecule has 1 rings (SSSR count). The molecule has 0 atom stereocenters. The highest BCUT2D eigenvalue weighted by Crippen LogP contribution is 1.94. The molecule has 0 amide bonds. The largest absolute Gasteiger partial charge is 0.368 e. The number of nitrogens with two attached hydrogens (primary N) is 1. The first-order valence-corrected chi connectivity index (χ1v) is 2.01. The lowest BCUT2D eigenvalue weighted by molar-refractivity contribution is 1.12. The van der Waals surface area contributed by atoms with E-state index in [2.05, 4.69) is 10.3 Å². The van der Waals surface area contributed by atoms with Crippen molar-refractivity contribution in [2.24, 2.45) is 10.7 Å². The van der Waals surface area contributed by atoms with Crippen LogP contribution in [0.25, 0.3) is 0 Å². The molecule has 0 saturated heterocycles. The van der Waals surface area contributed by atoms with Gasteiger partial charge in [-0.25, -0.2) is 10.3 Å². The van der Waals surface area contributed by atoms with Gasteiger partial charge in [0.25, 0.3) is 0 Å². The van der Waals surface area contributed by atoms with Crippen LogP contribution in [0.4, 0.5) is 0 Å². The van der Waals surface area contributed by atoms with Gasteiger partial charge in [-0.05, 0) is 6.92 Å². The van der Waals surface area contributed by atoms with Crippen LogP contribution in [0.5, 0.6) is 0 Å². The van der Waals surface area contributed by atoms with Crippen molar-refractivity contribution in [2.45, 2.75) is 6.92 Å². The zero-order valence-electron chi connectivity index (χ0n) is 4.46. The Morgan fingerprint density at radius 2 is 2.25 bits per heavy atom. The molecule has 3 nitrogen and oxygen atoms in total. The number of allylic oxidation sites excluding steroid dienone is 1. The minimum absolute atomic E-state index is 0. The third-order valence-corrected chi connectivity index (χ3v) is 0.675. The predicted molar refractivity (Wildman–Crippen MR) is 34.8 cm³/mol. The number of hydrogen-bond acceptors (Lipinski definition) is 2. The molecule has 0 aliphatic carbocycles. The lowest BCUT2D eigenvalue weighted by atomic mass is 10.6. The summed E-state index contributed by atoms with van der Waals surface area (Å²) in [4.78, 5) is 3.68. The van der Waals surface area contributed by atoms with Crippen molar-refractivity contribution in [3.8, 4) is 0 Å². The van der Waals surface area contributed by atoms with Crippen molar-refractivity contribution in [1.82, 2.24) is 5.32 Å². The van der Waals surface area contributed by atoms with Crippen molar-refractivity contribution in [2.75, 3.05) is 0 Å². The lowest BCUT2D eigenvalue weighted by Gasteiger charge is -1.86. The van der Waals surface area contributed by atoms with E-state index < -0.39 is 0 Å². The number of guanidine groups is 1. The van der Waals surface area contributed by atoms with Crippen LogP contribution < -0.4 is 11.1 Å². The van der Waals surface area contributed by atoms with E-state index >= 15 is 0 Å². The van der Waals surface area contributed by atoms with Gasteiger partial charge >= 0.3 is 0 Å². The molecule has 0 bridgehead atoms. The van der Waals surface area contributed by atoms with Crippen LogP contribution in [0.15, 0.2) is 16.9 Å². The molecule has 4 heteroatoms. The summed E-state index contributed by atoms with van der Waals surface area (Å²) in [6, 6.07) is 0. The van der Waals surface area contributed by atoms with Crippen molar-refractivity contribution in [1.29, 1.82) is 0 Å². The quantitative estimate of drug-likeness (QED) is 0.503. The van der Waals surface area contributed by atoms with E-state index in [1.54, 1.807) is 6.20 Å². The fourth-order valence-electron chi connectivity index (χ4n) is 0.398. The zero-order valence-corrected chi connectivity index (χ0v) is 5.27. The summed E-state index contributed by atoms with van der Waals surface area (Å²) < 4.78 is 0. The maximum absolute atomic E-state index is 5.16. The molecular weight excluding hydrogens is 126 g/mol. The molecule has 8 heavy (non-hydrogen) atoms. The highest BCUT2D eigenvalue weighted by molar-refractivity contribution is 5.85. The Morgan fingerprint density at radius 1 is 1.62 bits per heavy atom. The molecule has 1 aliphatic heterocycles. The SMILES string of the molecule is CC1=CN=C(N)[N]1.Cl. The molecule has 0 aromatic heterocycles. The lowest BCUT2D eigenvalue weighted by Crippen LogP contribution is -2.19. The fraction of sp³-hybridized carbons (Fsp3) is 0.250. The van der Waals surface area contributed by atoms with E-state index in [1.807, 2.05) is 6.92 Å². The second kappa shape index (κ2) is 2.57. The number of hydrogen-bond donors (Lipinski definition) is 1. The summed E-state index contributed by atoms with van der Waals surface area (Å²) in [5, 5.41) is 3.78. The number of aliphatic imine (C=N–C) groups is 1. The van der Waals surface area contributed by atoms with Gasteiger partial charge in [-0.2, -0.15) is 0 Å². The number of nitrogens with zero attached hydrogens (tertiary/aromatic N) is 2. The van der Waals surface area contributed by atoms with Crippen molar-refractivity contribution in [3.63, 3.8) is 0 Å². The van der Waals surface area contributed by atoms with Gasteiger partial charge in [-0.15, -0.1) is 12.4 Å². The van der Waals surface area contributed by atoms with Gasteiger partial charge in [0.15, 0.2) is 0 Å². The molecule has 1 heterocycles. The molecule has 45 valence electrons. The van der Waals surface area contributed by atoms with Crippen molar-refractivity contribution in [3.05, 3.63) is 11.9 Å². The van der Waals surface area contributed by atoms with Crippen LogP contribution >= 0.6 is 12.4 Å². The van der Waals surface area contributed by atoms with Crippen LogP contribution in [-0.4, -0.2) is 5.96 Å². The van der Waals surface area contributed by atoms with Crippen molar-refractivity contribution < 1.29 is 0 Å². The highest BCUT2D eigenvalue weighted by atomic mass is 35.5. The Balaban J connectivity index is 0.000000490. The molecule has 0 aromatic rings. The maximum atomic E-state index is 5.16. The van der Waals surface area contributed by atoms with Gasteiger partial charge < -0.3 is 5.73 Å². The minimum atomic E-state index is 0. The molecule has 0 saturated carbocycles. The predicted octanol–water partition coefficient (Wildman–Crippen LogP) is 0.202. The molecule has 0 fully saturated rings. The summed E-state index contributed by atoms with van der Waals surface area (Å²) in [6.07, 6.45) is 1.63. The van der Waals surface area contributed by atoms with E-state index in [4.69, 9.17) is 5.73 Å². The molecule has 2 N–H and O–H groups in total. The first-order valence-electron chi connectivity index (χ1n) is 2.01.